The predicted molar refractivity (Wildman–Crippen MR) is 73.3 cm³/mol. The molecular formula is C13H18N2O8. The summed E-state index contributed by atoms with van der Waals surface area (Å²) in [6.07, 6.45) is -1.01. The molecule has 2 amide bonds. The zero-order chi connectivity index (χ0) is 17.8. The van der Waals surface area contributed by atoms with Crippen molar-refractivity contribution in [2.75, 3.05) is 27.3 Å². The van der Waals surface area contributed by atoms with Gasteiger partial charge in [-0.1, -0.05) is 0 Å². The molecule has 2 atom stereocenters. The second-order valence-electron chi connectivity index (χ2n) is 4.94. The fourth-order valence-corrected chi connectivity index (χ4v) is 2.53. The number of ether oxygens (including phenoxy) is 2. The Bertz CT molecular complexity index is 534. The Labute approximate surface area is 131 Å². The van der Waals surface area contributed by atoms with Gasteiger partial charge >= 0.3 is 18.0 Å². The molecule has 0 bridgehead atoms. The standard InChI is InChI=1S/C13H18N2O8/c1-13(11(20)22-2)10(19)14(12(21)23-3)5-6-15(13)8(4-7-16)9(17)18/h7-8H,4-6H2,1-3H3,(H,17,18). The van der Waals surface area contributed by atoms with Crippen LogP contribution in [0.4, 0.5) is 4.79 Å². The molecule has 1 N–H and O–H groups in total. The number of methoxy groups -OCH3 is 2. The summed E-state index contributed by atoms with van der Waals surface area (Å²) in [5.41, 5.74) is -2.06. The Kier molecular flexibility index (Phi) is 5.79. The number of carbonyl (C=O) groups is 5. The quantitative estimate of drug-likeness (QED) is 0.378. The van der Waals surface area contributed by atoms with Gasteiger partial charge in [0.05, 0.1) is 14.2 Å². The molecule has 1 fully saturated rings. The van der Waals surface area contributed by atoms with Crippen LogP contribution in [0.3, 0.4) is 0 Å². The fraction of sp³-hybridized carbons (Fsp3) is 0.615. The summed E-state index contributed by atoms with van der Waals surface area (Å²) in [7, 11) is 2.11. The number of aliphatic carboxylic acids is 1. The Morgan fingerprint density at radius 3 is 2.35 bits per heavy atom. The number of aldehydes is 1. The number of amides is 2. The molecule has 0 aromatic carbocycles. The second kappa shape index (κ2) is 7.18. The zero-order valence-corrected chi connectivity index (χ0v) is 13.0. The number of imide groups is 1. The smallest absolute Gasteiger partial charge is 0.416 e. The van der Waals surface area contributed by atoms with E-state index in [-0.39, 0.29) is 13.1 Å². The molecule has 128 valence electrons. The van der Waals surface area contributed by atoms with Crippen LogP contribution in [0.2, 0.25) is 0 Å². The van der Waals surface area contributed by atoms with E-state index in [4.69, 9.17) is 0 Å². The van der Waals surface area contributed by atoms with Crippen LogP contribution in [-0.4, -0.2) is 84.0 Å². The van der Waals surface area contributed by atoms with E-state index in [9.17, 15) is 29.1 Å². The number of rotatable bonds is 5. The number of hydrogen-bond acceptors (Lipinski definition) is 8. The van der Waals surface area contributed by atoms with Gasteiger partial charge in [0.15, 0.2) is 5.54 Å². The predicted octanol–water partition coefficient (Wildman–Crippen LogP) is -1.13. The molecule has 0 aliphatic carbocycles. The molecule has 2 unspecified atom stereocenters. The molecule has 1 saturated heterocycles. The number of carboxylic acids is 1. The maximum Gasteiger partial charge on any atom is 0.416 e. The lowest BCUT2D eigenvalue weighted by Gasteiger charge is -2.46. The first-order chi connectivity index (χ1) is 10.7. The molecule has 1 rings (SSSR count). The highest BCUT2D eigenvalue weighted by atomic mass is 16.5. The third-order valence-corrected chi connectivity index (χ3v) is 3.76. The molecule has 1 aliphatic heterocycles. The lowest BCUT2D eigenvalue weighted by Crippen LogP contribution is -2.72. The van der Waals surface area contributed by atoms with Crippen molar-refractivity contribution in [2.24, 2.45) is 0 Å². The van der Waals surface area contributed by atoms with E-state index in [0.717, 1.165) is 26.0 Å². The summed E-state index contributed by atoms with van der Waals surface area (Å²) in [5, 5.41) is 9.28. The average molecular weight is 330 g/mol. The van der Waals surface area contributed by atoms with Crippen molar-refractivity contribution in [3.8, 4) is 0 Å². The number of nitrogens with zero attached hydrogens (tertiary/aromatic N) is 2. The van der Waals surface area contributed by atoms with E-state index in [0.29, 0.717) is 11.2 Å². The summed E-state index contributed by atoms with van der Waals surface area (Å²) < 4.78 is 9.08. The van der Waals surface area contributed by atoms with Crippen molar-refractivity contribution in [1.82, 2.24) is 9.80 Å². The van der Waals surface area contributed by atoms with Crippen LogP contribution < -0.4 is 0 Å². The van der Waals surface area contributed by atoms with Gasteiger partial charge in [-0.15, -0.1) is 0 Å². The van der Waals surface area contributed by atoms with Crippen molar-refractivity contribution in [3.63, 3.8) is 0 Å². The van der Waals surface area contributed by atoms with Crippen LogP contribution in [0.25, 0.3) is 0 Å². The molecular weight excluding hydrogens is 312 g/mol. The van der Waals surface area contributed by atoms with Crippen molar-refractivity contribution in [2.45, 2.75) is 24.9 Å². The molecule has 10 heteroatoms. The minimum atomic E-state index is -2.06. The monoisotopic (exact) mass is 330 g/mol. The van der Waals surface area contributed by atoms with Gasteiger partial charge in [-0.2, -0.15) is 0 Å². The Hall–Kier alpha value is -2.49. The van der Waals surface area contributed by atoms with Crippen LogP contribution in [0.5, 0.6) is 0 Å². The Morgan fingerprint density at radius 1 is 1.30 bits per heavy atom. The molecule has 1 aliphatic rings. The van der Waals surface area contributed by atoms with E-state index >= 15 is 0 Å². The molecule has 23 heavy (non-hydrogen) atoms. The third-order valence-electron chi connectivity index (χ3n) is 3.76. The van der Waals surface area contributed by atoms with E-state index < -0.39 is 41.9 Å². The van der Waals surface area contributed by atoms with Gasteiger partial charge in [0.1, 0.15) is 12.3 Å². The normalized spacial score (nSPS) is 23.1. The summed E-state index contributed by atoms with van der Waals surface area (Å²) in [4.78, 5) is 60.3. The van der Waals surface area contributed by atoms with Crippen LogP contribution in [0, 0.1) is 0 Å². The van der Waals surface area contributed by atoms with Crippen molar-refractivity contribution >= 4 is 30.2 Å². The number of carbonyl (C=O) groups excluding carboxylic acids is 4. The van der Waals surface area contributed by atoms with E-state index in [1.165, 1.54) is 0 Å². The molecule has 0 saturated carbocycles. The van der Waals surface area contributed by atoms with Crippen molar-refractivity contribution < 1.29 is 38.6 Å². The largest absolute Gasteiger partial charge is 0.480 e. The van der Waals surface area contributed by atoms with Gasteiger partial charge in [-0.05, 0) is 6.92 Å². The first kappa shape index (κ1) is 18.6. The number of piperazine rings is 1. The lowest BCUT2D eigenvalue weighted by molar-refractivity contribution is -0.174. The molecule has 0 aromatic heterocycles. The molecule has 0 radical (unpaired) electrons. The van der Waals surface area contributed by atoms with Crippen molar-refractivity contribution in [1.29, 1.82) is 0 Å². The zero-order valence-electron chi connectivity index (χ0n) is 13.0. The summed E-state index contributed by atoms with van der Waals surface area (Å²) in [5.74, 6) is -3.38. The van der Waals surface area contributed by atoms with Gasteiger partial charge in [0.25, 0.3) is 5.91 Å². The summed E-state index contributed by atoms with van der Waals surface area (Å²) >= 11 is 0. The maximum absolute atomic E-state index is 12.6. The second-order valence-corrected chi connectivity index (χ2v) is 4.94. The van der Waals surface area contributed by atoms with Crippen LogP contribution >= 0.6 is 0 Å². The summed E-state index contributed by atoms with van der Waals surface area (Å²) in [6, 6.07) is -1.40. The van der Waals surface area contributed by atoms with Crippen molar-refractivity contribution in [3.05, 3.63) is 0 Å². The highest BCUT2D eigenvalue weighted by molar-refractivity contribution is 6.12. The van der Waals surface area contributed by atoms with Gasteiger partial charge in [0, 0.05) is 19.5 Å². The van der Waals surface area contributed by atoms with Gasteiger partial charge in [0.2, 0.25) is 0 Å². The first-order valence-electron chi connectivity index (χ1n) is 6.67. The number of carboxylic acid groups (broad SMARTS) is 1. The highest BCUT2D eigenvalue weighted by Gasteiger charge is 2.57. The number of hydrogen-bond donors (Lipinski definition) is 1. The van der Waals surface area contributed by atoms with Crippen LogP contribution in [-0.2, 0) is 28.7 Å². The maximum atomic E-state index is 12.6. The van der Waals surface area contributed by atoms with E-state index in [1.54, 1.807) is 0 Å². The molecule has 1 heterocycles. The van der Waals surface area contributed by atoms with Gasteiger partial charge in [-0.3, -0.25) is 14.5 Å². The third kappa shape index (κ3) is 3.16. The van der Waals surface area contributed by atoms with E-state index in [2.05, 4.69) is 9.47 Å². The Balaban J connectivity index is 3.34. The average Bonchev–Trinajstić information content (AvgIpc) is 2.53. The molecule has 10 nitrogen and oxygen atoms in total. The topological polar surface area (TPSA) is 131 Å². The SMILES string of the molecule is COC(=O)N1CCN(C(CC=O)C(=O)O)C(C)(C(=O)OC)C1=O. The first-order valence-corrected chi connectivity index (χ1v) is 6.67. The fourth-order valence-electron chi connectivity index (χ4n) is 2.53. The molecule has 0 spiro atoms. The lowest BCUT2D eigenvalue weighted by atomic mass is 9.92. The Morgan fingerprint density at radius 2 is 1.91 bits per heavy atom. The highest BCUT2D eigenvalue weighted by Crippen LogP contribution is 2.28. The van der Waals surface area contributed by atoms with Crippen LogP contribution in [0.1, 0.15) is 13.3 Å². The summed E-state index contributed by atoms with van der Waals surface area (Å²) in [6.45, 7) is 0.842. The van der Waals surface area contributed by atoms with Gasteiger partial charge in [-0.25, -0.2) is 14.5 Å². The van der Waals surface area contributed by atoms with Crippen LogP contribution in [0.15, 0.2) is 0 Å². The number of esters is 1. The minimum Gasteiger partial charge on any atom is -0.480 e. The van der Waals surface area contributed by atoms with E-state index in [1.807, 2.05) is 0 Å². The molecule has 0 aromatic rings. The minimum absolute atomic E-state index is 0.128. The van der Waals surface area contributed by atoms with Gasteiger partial charge < -0.3 is 19.4 Å².